The van der Waals surface area contributed by atoms with Crippen LogP contribution in [0.2, 0.25) is 0 Å². The number of imide groups is 1. The van der Waals surface area contributed by atoms with Crippen LogP contribution in [0, 0.1) is 11.8 Å². The molecule has 0 unspecified atom stereocenters. The summed E-state index contributed by atoms with van der Waals surface area (Å²) in [5.74, 6) is 0.603. The average molecular weight is 350 g/mol. The molecule has 0 bridgehead atoms. The van der Waals surface area contributed by atoms with Crippen LogP contribution >= 0.6 is 0 Å². The van der Waals surface area contributed by atoms with Crippen LogP contribution < -0.4 is 10.6 Å². The van der Waals surface area contributed by atoms with Crippen molar-refractivity contribution in [1.82, 2.24) is 20.4 Å². The first-order chi connectivity index (χ1) is 12.1. The fourth-order valence-corrected chi connectivity index (χ4v) is 4.38. The van der Waals surface area contributed by atoms with Crippen LogP contribution in [0.5, 0.6) is 0 Å². The van der Waals surface area contributed by atoms with Gasteiger partial charge >= 0.3 is 6.03 Å². The minimum absolute atomic E-state index is 0.0161. The van der Waals surface area contributed by atoms with Crippen molar-refractivity contribution in [2.24, 2.45) is 11.8 Å². The Bertz CT molecular complexity index is 543. The van der Waals surface area contributed by atoms with Crippen LogP contribution in [0.25, 0.3) is 0 Å². The van der Waals surface area contributed by atoms with Gasteiger partial charge in [-0.3, -0.25) is 19.4 Å². The molecule has 8 heteroatoms. The molecule has 0 aromatic rings. The van der Waals surface area contributed by atoms with E-state index in [4.69, 9.17) is 4.74 Å². The number of likely N-dealkylation sites (tertiary alicyclic amines) is 1. The number of carbonyl (C=O) groups excluding carboxylic acids is 3. The van der Waals surface area contributed by atoms with Crippen molar-refractivity contribution in [2.75, 3.05) is 39.4 Å². The maximum atomic E-state index is 12.4. The summed E-state index contributed by atoms with van der Waals surface area (Å²) in [5.41, 5.74) is 0. The Balaban J connectivity index is 1.35. The molecule has 1 aliphatic carbocycles. The lowest BCUT2D eigenvalue weighted by molar-refractivity contribution is -0.131. The summed E-state index contributed by atoms with van der Waals surface area (Å²) >= 11 is 0. The van der Waals surface area contributed by atoms with Gasteiger partial charge in [0, 0.05) is 38.4 Å². The molecule has 3 heterocycles. The molecule has 138 valence electrons. The summed E-state index contributed by atoms with van der Waals surface area (Å²) in [5, 5.41) is 5.54. The van der Waals surface area contributed by atoms with Gasteiger partial charge in [0.05, 0.1) is 6.54 Å². The molecule has 25 heavy (non-hydrogen) atoms. The highest BCUT2D eigenvalue weighted by Crippen LogP contribution is 2.42. The van der Waals surface area contributed by atoms with Gasteiger partial charge in [-0.1, -0.05) is 0 Å². The van der Waals surface area contributed by atoms with Crippen LogP contribution in [-0.2, 0) is 14.3 Å². The second-order valence-corrected chi connectivity index (χ2v) is 7.61. The van der Waals surface area contributed by atoms with Gasteiger partial charge in [0.1, 0.15) is 6.54 Å². The van der Waals surface area contributed by atoms with Gasteiger partial charge in [-0.15, -0.1) is 0 Å². The standard InChI is InChI=1S/C17H26N4O4/c22-15(10-21-16(23)7-18-17(21)24)19-14-9-20(8-13(14)11-1-2-11)12-3-5-25-6-4-12/h11-14H,1-10H2,(H,18,24)(H,19,22)/t13-,14+/m0/s1. The van der Waals surface area contributed by atoms with Gasteiger partial charge in [-0.05, 0) is 37.5 Å². The Morgan fingerprint density at radius 1 is 1.16 bits per heavy atom. The number of urea groups is 1. The molecule has 0 radical (unpaired) electrons. The zero-order valence-electron chi connectivity index (χ0n) is 14.4. The van der Waals surface area contributed by atoms with Crippen LogP contribution in [0.4, 0.5) is 4.79 Å². The lowest BCUT2D eigenvalue weighted by Crippen LogP contribution is -2.47. The third-order valence-corrected chi connectivity index (χ3v) is 5.91. The quantitative estimate of drug-likeness (QED) is 0.655. The zero-order valence-corrected chi connectivity index (χ0v) is 14.4. The summed E-state index contributed by atoms with van der Waals surface area (Å²) < 4.78 is 5.46. The monoisotopic (exact) mass is 350 g/mol. The molecule has 4 fully saturated rings. The normalized spacial score (nSPS) is 31.4. The molecule has 1 saturated carbocycles. The van der Waals surface area contributed by atoms with Crippen molar-refractivity contribution < 1.29 is 19.1 Å². The van der Waals surface area contributed by atoms with Crippen LogP contribution in [-0.4, -0.2) is 79.1 Å². The predicted molar refractivity (Wildman–Crippen MR) is 88.7 cm³/mol. The van der Waals surface area contributed by atoms with Crippen LogP contribution in [0.15, 0.2) is 0 Å². The molecule has 4 amide bonds. The fraction of sp³-hybridized carbons (Fsp3) is 0.824. The number of hydrogen-bond donors (Lipinski definition) is 2. The Labute approximate surface area is 147 Å². The van der Waals surface area contributed by atoms with E-state index in [1.54, 1.807) is 0 Å². The van der Waals surface area contributed by atoms with Crippen molar-refractivity contribution >= 4 is 17.8 Å². The highest BCUT2D eigenvalue weighted by molar-refractivity contribution is 6.04. The van der Waals surface area contributed by atoms with Gasteiger partial charge in [-0.25, -0.2) is 4.79 Å². The molecule has 3 saturated heterocycles. The van der Waals surface area contributed by atoms with Gasteiger partial charge in [0.25, 0.3) is 5.91 Å². The maximum Gasteiger partial charge on any atom is 0.325 e. The number of nitrogens with one attached hydrogen (secondary N) is 2. The molecular weight excluding hydrogens is 324 g/mol. The fourth-order valence-electron chi connectivity index (χ4n) is 4.38. The number of ether oxygens (including phenoxy) is 1. The van der Waals surface area contributed by atoms with E-state index in [-0.39, 0.29) is 30.9 Å². The average Bonchev–Trinajstić information content (AvgIpc) is 3.31. The first kappa shape index (κ1) is 16.8. The van der Waals surface area contributed by atoms with Crippen LogP contribution in [0.1, 0.15) is 25.7 Å². The van der Waals surface area contributed by atoms with Crippen molar-refractivity contribution in [1.29, 1.82) is 0 Å². The Hall–Kier alpha value is -1.67. The van der Waals surface area contributed by atoms with E-state index in [0.29, 0.717) is 17.9 Å². The van der Waals surface area contributed by atoms with Gasteiger partial charge in [0.15, 0.2) is 0 Å². The van der Waals surface area contributed by atoms with Gasteiger partial charge in [-0.2, -0.15) is 0 Å². The molecule has 3 aliphatic heterocycles. The summed E-state index contributed by atoms with van der Waals surface area (Å²) in [6, 6.07) is 0.181. The van der Waals surface area contributed by atoms with Crippen molar-refractivity contribution in [2.45, 2.75) is 37.8 Å². The second kappa shape index (κ2) is 6.92. The molecule has 2 N–H and O–H groups in total. The molecule has 0 aromatic carbocycles. The van der Waals surface area contributed by atoms with Gasteiger partial charge in [0.2, 0.25) is 5.91 Å². The van der Waals surface area contributed by atoms with E-state index in [1.807, 2.05) is 0 Å². The number of carbonyl (C=O) groups is 3. The number of rotatable bonds is 5. The van der Waals surface area contributed by atoms with E-state index in [0.717, 1.165) is 44.0 Å². The molecule has 4 rings (SSSR count). The van der Waals surface area contributed by atoms with Gasteiger partial charge < -0.3 is 15.4 Å². The predicted octanol–water partition coefficient (Wildman–Crippen LogP) is -0.456. The first-order valence-corrected chi connectivity index (χ1v) is 9.31. The van der Waals surface area contributed by atoms with E-state index >= 15 is 0 Å². The number of nitrogens with zero attached hydrogens (tertiary/aromatic N) is 2. The Kier molecular flexibility index (Phi) is 4.64. The minimum atomic E-state index is -0.478. The lowest BCUT2D eigenvalue weighted by atomic mass is 9.98. The molecule has 2 atom stereocenters. The summed E-state index contributed by atoms with van der Waals surface area (Å²) in [6.07, 6.45) is 4.60. The minimum Gasteiger partial charge on any atom is -0.381 e. The summed E-state index contributed by atoms with van der Waals surface area (Å²) in [4.78, 5) is 39.1. The molecule has 0 aromatic heterocycles. The molecule has 4 aliphatic rings. The highest BCUT2D eigenvalue weighted by atomic mass is 16.5. The Morgan fingerprint density at radius 3 is 2.56 bits per heavy atom. The largest absolute Gasteiger partial charge is 0.381 e. The van der Waals surface area contributed by atoms with Crippen molar-refractivity contribution in [3.8, 4) is 0 Å². The Morgan fingerprint density at radius 2 is 1.92 bits per heavy atom. The lowest BCUT2D eigenvalue weighted by Gasteiger charge is -2.31. The van der Waals surface area contributed by atoms with Crippen LogP contribution in [0.3, 0.4) is 0 Å². The topological polar surface area (TPSA) is 91.0 Å². The second-order valence-electron chi connectivity index (χ2n) is 7.61. The van der Waals surface area contributed by atoms with E-state index in [9.17, 15) is 14.4 Å². The number of amides is 4. The third-order valence-electron chi connectivity index (χ3n) is 5.91. The van der Waals surface area contributed by atoms with E-state index in [2.05, 4.69) is 15.5 Å². The first-order valence-electron chi connectivity index (χ1n) is 9.31. The highest BCUT2D eigenvalue weighted by Gasteiger charge is 2.45. The SMILES string of the molecule is O=C(CN1C(=O)CNC1=O)N[C@@H]1CN(C2CCOCC2)C[C@H]1C1CC1. The summed E-state index contributed by atoms with van der Waals surface area (Å²) in [6.45, 7) is 3.33. The third kappa shape index (κ3) is 3.64. The molecule has 0 spiro atoms. The zero-order chi connectivity index (χ0) is 17.4. The maximum absolute atomic E-state index is 12.4. The molecular formula is C17H26N4O4. The van der Waals surface area contributed by atoms with E-state index < -0.39 is 6.03 Å². The number of hydrogen-bond acceptors (Lipinski definition) is 5. The van der Waals surface area contributed by atoms with E-state index in [1.165, 1.54) is 12.8 Å². The smallest absolute Gasteiger partial charge is 0.325 e. The molecule has 8 nitrogen and oxygen atoms in total. The van der Waals surface area contributed by atoms with Crippen molar-refractivity contribution in [3.05, 3.63) is 0 Å². The van der Waals surface area contributed by atoms with Crippen molar-refractivity contribution in [3.63, 3.8) is 0 Å². The summed E-state index contributed by atoms with van der Waals surface area (Å²) in [7, 11) is 0.